The standard InChI is InChI=1S/C9H7N3O4/c13-10-8-3-4-11(14)9-5-6(12(15)16)1-2-7(8)9/h1-5,13-14H. The number of non-ortho nitro benzene ring substituents is 1. The maximum atomic E-state index is 10.6. The summed E-state index contributed by atoms with van der Waals surface area (Å²) < 4.78 is 0.733. The Hall–Kier alpha value is -2.57. The number of hydrogen-bond acceptors (Lipinski definition) is 5. The molecule has 0 aliphatic rings. The molecule has 7 heteroatoms. The summed E-state index contributed by atoms with van der Waals surface area (Å²) in [5.41, 5.74) is 0.0508. The number of rotatable bonds is 1. The van der Waals surface area contributed by atoms with Crippen molar-refractivity contribution in [3.63, 3.8) is 0 Å². The molecule has 0 fully saturated rings. The maximum Gasteiger partial charge on any atom is 0.271 e. The Kier molecular flexibility index (Phi) is 2.20. The summed E-state index contributed by atoms with van der Waals surface area (Å²) >= 11 is 0. The van der Waals surface area contributed by atoms with Gasteiger partial charge < -0.3 is 10.4 Å². The lowest BCUT2D eigenvalue weighted by atomic mass is 10.2. The van der Waals surface area contributed by atoms with Gasteiger partial charge in [-0.2, -0.15) is 4.73 Å². The van der Waals surface area contributed by atoms with E-state index in [-0.39, 0.29) is 16.6 Å². The van der Waals surface area contributed by atoms with Crippen molar-refractivity contribution < 1.29 is 15.3 Å². The van der Waals surface area contributed by atoms with Gasteiger partial charge in [-0.3, -0.25) is 10.1 Å². The highest BCUT2D eigenvalue weighted by atomic mass is 16.6. The van der Waals surface area contributed by atoms with Gasteiger partial charge in [0.25, 0.3) is 5.69 Å². The van der Waals surface area contributed by atoms with Crippen LogP contribution in [0.5, 0.6) is 0 Å². The molecule has 0 aliphatic carbocycles. The largest absolute Gasteiger partial charge is 0.428 e. The summed E-state index contributed by atoms with van der Waals surface area (Å²) in [5, 5.41) is 32.4. The number of nitro groups is 1. The van der Waals surface area contributed by atoms with Gasteiger partial charge in [-0.05, 0) is 12.1 Å². The number of pyridine rings is 1. The number of benzene rings is 1. The SMILES string of the molecule is O=[N+]([O-])c1ccc2c(=NO)ccn(O)c2c1. The van der Waals surface area contributed by atoms with Crippen molar-refractivity contribution in [1.82, 2.24) is 4.73 Å². The molecule has 82 valence electrons. The van der Waals surface area contributed by atoms with E-state index in [9.17, 15) is 15.3 Å². The summed E-state index contributed by atoms with van der Waals surface area (Å²) in [5.74, 6) is 0. The van der Waals surface area contributed by atoms with Crippen molar-refractivity contribution in [2.45, 2.75) is 0 Å². The second-order valence-corrected chi connectivity index (χ2v) is 3.10. The van der Waals surface area contributed by atoms with Crippen LogP contribution in [0.1, 0.15) is 0 Å². The molecule has 2 aromatic rings. The van der Waals surface area contributed by atoms with Crippen LogP contribution in [0.4, 0.5) is 5.69 Å². The first-order valence-corrected chi connectivity index (χ1v) is 4.30. The van der Waals surface area contributed by atoms with Crippen LogP contribution in [-0.4, -0.2) is 20.1 Å². The molecule has 2 rings (SSSR count). The van der Waals surface area contributed by atoms with Crippen LogP contribution in [0.2, 0.25) is 0 Å². The van der Waals surface area contributed by atoms with Crippen molar-refractivity contribution in [2.24, 2.45) is 5.16 Å². The van der Waals surface area contributed by atoms with Gasteiger partial charge in [0.2, 0.25) is 0 Å². The van der Waals surface area contributed by atoms with Crippen LogP contribution in [0.3, 0.4) is 0 Å². The van der Waals surface area contributed by atoms with Gasteiger partial charge in [0.05, 0.1) is 10.4 Å². The minimum atomic E-state index is -0.567. The van der Waals surface area contributed by atoms with E-state index in [1.807, 2.05) is 0 Å². The maximum absolute atomic E-state index is 10.6. The van der Waals surface area contributed by atoms with Gasteiger partial charge in [-0.1, -0.05) is 5.16 Å². The quantitative estimate of drug-likeness (QED) is 0.325. The minimum absolute atomic E-state index is 0.148. The third-order valence-electron chi connectivity index (χ3n) is 2.20. The van der Waals surface area contributed by atoms with E-state index >= 15 is 0 Å². The zero-order valence-electron chi connectivity index (χ0n) is 7.94. The molecule has 0 bridgehead atoms. The number of nitrogens with zero attached hydrogens (tertiary/aromatic N) is 3. The van der Waals surface area contributed by atoms with E-state index < -0.39 is 4.92 Å². The van der Waals surface area contributed by atoms with Crippen molar-refractivity contribution in [1.29, 1.82) is 0 Å². The molecule has 0 saturated carbocycles. The van der Waals surface area contributed by atoms with Crippen LogP contribution < -0.4 is 5.36 Å². The van der Waals surface area contributed by atoms with Gasteiger partial charge >= 0.3 is 0 Å². The molecule has 0 aliphatic heterocycles. The summed E-state index contributed by atoms with van der Waals surface area (Å²) in [4.78, 5) is 9.98. The Labute approximate surface area is 88.6 Å². The van der Waals surface area contributed by atoms with E-state index in [0.29, 0.717) is 5.39 Å². The highest BCUT2D eigenvalue weighted by Crippen LogP contribution is 2.17. The molecule has 1 heterocycles. The predicted octanol–water partition coefficient (Wildman–Crippen LogP) is 1.08. The number of hydrogen-bond donors (Lipinski definition) is 2. The zero-order valence-corrected chi connectivity index (χ0v) is 7.94. The van der Waals surface area contributed by atoms with Crippen LogP contribution in [0.15, 0.2) is 35.6 Å². The average molecular weight is 221 g/mol. The normalized spacial score (nSPS) is 11.9. The van der Waals surface area contributed by atoms with E-state index in [1.165, 1.54) is 30.5 Å². The molecule has 16 heavy (non-hydrogen) atoms. The molecule has 2 N–H and O–H groups in total. The van der Waals surface area contributed by atoms with Gasteiger partial charge in [0, 0.05) is 23.7 Å². The van der Waals surface area contributed by atoms with Gasteiger partial charge in [0.1, 0.15) is 5.36 Å². The van der Waals surface area contributed by atoms with Crippen molar-refractivity contribution >= 4 is 16.6 Å². The van der Waals surface area contributed by atoms with Crippen LogP contribution in [-0.2, 0) is 0 Å². The van der Waals surface area contributed by atoms with E-state index in [0.717, 1.165) is 4.73 Å². The molecule has 0 atom stereocenters. The van der Waals surface area contributed by atoms with Crippen molar-refractivity contribution in [3.05, 3.63) is 45.9 Å². The summed E-state index contributed by atoms with van der Waals surface area (Å²) in [7, 11) is 0. The Bertz CT molecular complexity index is 632. The fraction of sp³-hybridized carbons (Fsp3) is 0. The Morgan fingerprint density at radius 2 is 2.12 bits per heavy atom. The van der Waals surface area contributed by atoms with E-state index in [2.05, 4.69) is 5.16 Å². The Balaban J connectivity index is 2.89. The molecule has 0 saturated heterocycles. The molecule has 0 amide bonds. The molecule has 0 unspecified atom stereocenters. The molecule has 1 aromatic heterocycles. The lowest BCUT2D eigenvalue weighted by molar-refractivity contribution is -0.384. The monoisotopic (exact) mass is 221 g/mol. The fourth-order valence-corrected chi connectivity index (χ4v) is 1.44. The zero-order chi connectivity index (χ0) is 11.7. The summed E-state index contributed by atoms with van der Waals surface area (Å²) in [6.45, 7) is 0. The lowest BCUT2D eigenvalue weighted by Gasteiger charge is -2.03. The van der Waals surface area contributed by atoms with E-state index in [4.69, 9.17) is 5.21 Å². The third kappa shape index (κ3) is 1.44. The molecule has 0 spiro atoms. The Morgan fingerprint density at radius 1 is 1.38 bits per heavy atom. The minimum Gasteiger partial charge on any atom is -0.428 e. The average Bonchev–Trinajstić information content (AvgIpc) is 2.29. The second-order valence-electron chi connectivity index (χ2n) is 3.10. The van der Waals surface area contributed by atoms with Gasteiger partial charge in [-0.15, -0.1) is 0 Å². The van der Waals surface area contributed by atoms with E-state index in [1.54, 1.807) is 0 Å². The summed E-state index contributed by atoms with van der Waals surface area (Å²) in [6, 6.07) is 5.27. The number of aromatic nitrogens is 1. The number of fused-ring (bicyclic) bond motifs is 1. The van der Waals surface area contributed by atoms with Crippen molar-refractivity contribution in [2.75, 3.05) is 0 Å². The molecular formula is C9H7N3O4. The Morgan fingerprint density at radius 3 is 2.75 bits per heavy atom. The smallest absolute Gasteiger partial charge is 0.271 e. The molecule has 7 nitrogen and oxygen atoms in total. The third-order valence-corrected chi connectivity index (χ3v) is 2.20. The number of nitro benzene ring substituents is 1. The van der Waals surface area contributed by atoms with Crippen LogP contribution in [0, 0.1) is 10.1 Å². The summed E-state index contributed by atoms with van der Waals surface area (Å²) in [6.07, 6.45) is 1.24. The topological polar surface area (TPSA) is 101 Å². The highest BCUT2D eigenvalue weighted by Gasteiger charge is 2.09. The first kappa shape index (κ1) is 9.97. The lowest BCUT2D eigenvalue weighted by Crippen LogP contribution is -2.07. The van der Waals surface area contributed by atoms with Gasteiger partial charge in [-0.25, -0.2) is 0 Å². The molecular weight excluding hydrogens is 214 g/mol. The van der Waals surface area contributed by atoms with Gasteiger partial charge in [0.15, 0.2) is 0 Å². The molecule has 0 radical (unpaired) electrons. The van der Waals surface area contributed by atoms with Crippen LogP contribution >= 0.6 is 0 Å². The highest BCUT2D eigenvalue weighted by molar-refractivity contribution is 5.80. The second kappa shape index (κ2) is 3.54. The molecule has 1 aromatic carbocycles. The first-order valence-electron chi connectivity index (χ1n) is 4.30. The fourth-order valence-electron chi connectivity index (χ4n) is 1.44. The first-order chi connectivity index (χ1) is 7.63. The predicted molar refractivity (Wildman–Crippen MR) is 53.1 cm³/mol. The van der Waals surface area contributed by atoms with Crippen LogP contribution in [0.25, 0.3) is 10.9 Å². The van der Waals surface area contributed by atoms with Crippen molar-refractivity contribution in [3.8, 4) is 0 Å².